The number of phenols is 1. The maximum absolute atomic E-state index is 14.6. The van der Waals surface area contributed by atoms with E-state index in [2.05, 4.69) is 9.64 Å². The number of hydrogen-bond donors (Lipinski definition) is 1. The number of nitrogens with zero attached hydrogens (tertiary/aromatic N) is 3. The van der Waals surface area contributed by atoms with Gasteiger partial charge in [0.1, 0.15) is 17.3 Å². The number of carbonyl (C=O) groups excluding carboxylic acids is 4. The Morgan fingerprint density at radius 1 is 0.926 bits per heavy atom. The number of likely N-dealkylation sites (tertiary alicyclic amines) is 2. The number of halogens is 5. The lowest BCUT2D eigenvalue weighted by molar-refractivity contribution is -0.274. The van der Waals surface area contributed by atoms with Crippen molar-refractivity contribution in [1.82, 2.24) is 9.80 Å². The number of imide groups is 2. The zero-order valence-electron chi connectivity index (χ0n) is 29.1. The van der Waals surface area contributed by atoms with Crippen LogP contribution in [0.3, 0.4) is 0 Å². The molecule has 3 aromatic rings. The molecule has 2 aliphatic carbocycles. The lowest BCUT2D eigenvalue weighted by Crippen LogP contribution is -2.49. The highest BCUT2D eigenvalue weighted by atomic mass is 35.5. The number of phenolic OH excluding ortho intramolecular Hbond substituents is 1. The van der Waals surface area contributed by atoms with Crippen LogP contribution in [0.25, 0.3) is 0 Å². The van der Waals surface area contributed by atoms with Crippen LogP contribution in [0.4, 0.5) is 23.2 Å². The van der Waals surface area contributed by atoms with E-state index in [1.807, 2.05) is 30.3 Å². The second-order valence-electron chi connectivity index (χ2n) is 15.1. The molecule has 4 fully saturated rings. The van der Waals surface area contributed by atoms with Gasteiger partial charge < -0.3 is 9.84 Å². The lowest BCUT2D eigenvalue weighted by Gasteiger charge is -2.49. The van der Waals surface area contributed by atoms with Crippen molar-refractivity contribution in [2.24, 2.45) is 29.1 Å². The highest BCUT2D eigenvalue weighted by molar-refractivity contribution is 6.31. The number of allylic oxidation sites excluding steroid dienone is 2. The molecule has 3 aromatic carbocycles. The van der Waals surface area contributed by atoms with E-state index < -0.39 is 70.5 Å². The molecular weight excluding hydrogens is 730 g/mol. The maximum Gasteiger partial charge on any atom is 0.573 e. The number of rotatable bonds is 6. The van der Waals surface area contributed by atoms with Crippen LogP contribution in [0, 0.1) is 34.9 Å². The first-order valence-corrected chi connectivity index (χ1v) is 18.3. The number of alkyl halides is 3. The van der Waals surface area contributed by atoms with Gasteiger partial charge in [0.25, 0.3) is 0 Å². The Hall–Kier alpha value is -4.75. The van der Waals surface area contributed by atoms with Gasteiger partial charge in [0.05, 0.1) is 33.9 Å². The molecule has 0 unspecified atom stereocenters. The highest BCUT2D eigenvalue weighted by Crippen LogP contribution is 2.64. The Labute approximate surface area is 313 Å². The number of aromatic hydroxyl groups is 1. The fourth-order valence-corrected chi connectivity index (χ4v) is 9.93. The minimum atomic E-state index is -5.07. The Morgan fingerprint density at radius 2 is 1.65 bits per heavy atom. The zero-order valence-corrected chi connectivity index (χ0v) is 29.8. The summed E-state index contributed by atoms with van der Waals surface area (Å²) in [4.78, 5) is 62.2. The number of piperidine rings is 1. The molecule has 1 saturated carbocycles. The molecule has 3 heterocycles. The predicted octanol–water partition coefficient (Wildman–Crippen LogP) is 6.98. The van der Waals surface area contributed by atoms with Crippen LogP contribution in [0.1, 0.15) is 49.7 Å². The molecule has 14 heteroatoms. The van der Waals surface area contributed by atoms with Crippen molar-refractivity contribution in [3.63, 3.8) is 0 Å². The van der Waals surface area contributed by atoms with Crippen LogP contribution in [0.15, 0.2) is 78.4 Å². The summed E-state index contributed by atoms with van der Waals surface area (Å²) in [7, 11) is 0. The number of carbonyl (C=O) groups is 4. The Morgan fingerprint density at radius 3 is 2.33 bits per heavy atom. The van der Waals surface area contributed by atoms with E-state index >= 15 is 0 Å². The number of benzene rings is 3. The standard InChI is InChI=1S/C40H36ClF4N3O6/c1-39-29(36(51)48(38(39)53)23-7-11-31(42)30(41)17-23)19-27-25(34(39)28-18-24(8-12-32(28)49)54-40(43,44)45)9-10-26-33(27)37(52)47(35(26)50)22-13-15-46(16-14-22)20-21-5-3-2-4-6-21/h2-9,11-12,17-18,22,26-27,29,33-34,49H,10,13-16,19-20H2,1H3/t26-,27+,29-,33-,34+,39+/m0/s1. The summed E-state index contributed by atoms with van der Waals surface area (Å²) in [6, 6.07) is 16.0. The molecule has 0 aromatic heterocycles. The molecule has 5 aliphatic rings. The minimum Gasteiger partial charge on any atom is -0.508 e. The van der Waals surface area contributed by atoms with E-state index in [0.717, 1.165) is 47.3 Å². The molecular formula is C40H36ClF4N3O6. The number of fused-ring (bicyclic) bond motifs is 4. The number of hydrogen-bond acceptors (Lipinski definition) is 7. The van der Waals surface area contributed by atoms with E-state index in [1.165, 1.54) is 17.9 Å². The topological polar surface area (TPSA) is 107 Å². The zero-order chi connectivity index (χ0) is 38.3. The molecule has 9 nitrogen and oxygen atoms in total. The molecule has 8 rings (SSSR count). The summed E-state index contributed by atoms with van der Waals surface area (Å²) in [6.45, 7) is 3.62. The van der Waals surface area contributed by atoms with Crippen LogP contribution < -0.4 is 9.64 Å². The summed E-state index contributed by atoms with van der Waals surface area (Å²) in [6.07, 6.45) is -2.04. The molecule has 0 spiro atoms. The lowest BCUT2D eigenvalue weighted by atomic mass is 9.51. The normalized spacial score (nSPS) is 28.9. The molecule has 6 atom stereocenters. The van der Waals surface area contributed by atoms with Crippen LogP contribution in [0.5, 0.6) is 11.5 Å². The molecule has 0 bridgehead atoms. The van der Waals surface area contributed by atoms with Gasteiger partial charge in [-0.15, -0.1) is 13.2 Å². The highest BCUT2D eigenvalue weighted by Gasteiger charge is 2.68. The molecule has 1 N–H and O–H groups in total. The quantitative estimate of drug-likeness (QED) is 0.164. The molecule has 0 radical (unpaired) electrons. The van der Waals surface area contributed by atoms with Crippen LogP contribution in [-0.2, 0) is 25.7 Å². The fraction of sp³-hybridized carbons (Fsp3) is 0.400. The predicted molar refractivity (Wildman–Crippen MR) is 187 cm³/mol. The van der Waals surface area contributed by atoms with Gasteiger partial charge in [0.2, 0.25) is 23.6 Å². The van der Waals surface area contributed by atoms with Gasteiger partial charge in [0, 0.05) is 37.2 Å². The monoisotopic (exact) mass is 765 g/mol. The molecule has 3 aliphatic heterocycles. The van der Waals surface area contributed by atoms with Crippen molar-refractivity contribution in [3.8, 4) is 11.5 Å². The number of amides is 4. The second kappa shape index (κ2) is 13.2. The average Bonchev–Trinajstić information content (AvgIpc) is 3.50. The van der Waals surface area contributed by atoms with Gasteiger partial charge in [-0.25, -0.2) is 9.29 Å². The van der Waals surface area contributed by atoms with Gasteiger partial charge >= 0.3 is 6.36 Å². The summed E-state index contributed by atoms with van der Waals surface area (Å²) in [5.74, 6) is -8.65. The Kier molecular flexibility index (Phi) is 8.88. The van der Waals surface area contributed by atoms with Crippen LogP contribution >= 0.6 is 11.6 Å². The smallest absolute Gasteiger partial charge is 0.508 e. The van der Waals surface area contributed by atoms with Crippen molar-refractivity contribution in [2.45, 2.75) is 57.5 Å². The van der Waals surface area contributed by atoms with Gasteiger partial charge in [-0.3, -0.25) is 29.0 Å². The molecule has 282 valence electrons. The van der Waals surface area contributed by atoms with Crippen molar-refractivity contribution < 1.29 is 46.6 Å². The third-order valence-electron chi connectivity index (χ3n) is 12.2. The summed E-state index contributed by atoms with van der Waals surface area (Å²) in [5, 5.41) is 10.9. The largest absolute Gasteiger partial charge is 0.573 e. The van der Waals surface area contributed by atoms with Gasteiger partial charge in [-0.05, 0) is 80.5 Å². The first-order valence-electron chi connectivity index (χ1n) is 17.9. The Bertz CT molecular complexity index is 2090. The number of ether oxygens (including phenoxy) is 1. The van der Waals surface area contributed by atoms with Crippen molar-refractivity contribution >= 4 is 40.9 Å². The van der Waals surface area contributed by atoms with E-state index in [1.54, 1.807) is 6.08 Å². The Balaban J connectivity index is 1.16. The van der Waals surface area contributed by atoms with Crippen LogP contribution in [0.2, 0.25) is 5.02 Å². The third-order valence-corrected chi connectivity index (χ3v) is 12.5. The average molecular weight is 766 g/mol. The van der Waals surface area contributed by atoms with Crippen molar-refractivity contribution in [3.05, 3.63) is 100 Å². The van der Waals surface area contributed by atoms with E-state index in [4.69, 9.17) is 11.6 Å². The van der Waals surface area contributed by atoms with E-state index in [9.17, 15) is 41.8 Å². The molecule has 3 saturated heterocycles. The molecule has 54 heavy (non-hydrogen) atoms. The van der Waals surface area contributed by atoms with Gasteiger partial charge in [0.15, 0.2) is 0 Å². The van der Waals surface area contributed by atoms with Crippen LogP contribution in [-0.4, -0.2) is 64.0 Å². The SMILES string of the molecule is C[C@@]12C(=O)N(c3ccc(F)c(Cl)c3)C(=O)[C@@H]1C[C@@H]1C(=CC[C@@H]3C(=O)N(C4CCN(Cc5ccccc5)CC4)C(=O)[C@@H]31)[C@@H]2c1cc(OC(F)(F)F)ccc1O. The maximum atomic E-state index is 14.6. The third kappa shape index (κ3) is 5.87. The van der Waals surface area contributed by atoms with Gasteiger partial charge in [-0.1, -0.05) is 53.6 Å². The summed E-state index contributed by atoms with van der Waals surface area (Å²) < 4.78 is 58.6. The number of anilines is 1. The van der Waals surface area contributed by atoms with E-state index in [0.29, 0.717) is 31.5 Å². The van der Waals surface area contributed by atoms with E-state index in [-0.39, 0.29) is 47.0 Å². The first-order chi connectivity index (χ1) is 25.7. The van der Waals surface area contributed by atoms with Crippen molar-refractivity contribution in [2.75, 3.05) is 18.0 Å². The molecule has 4 amide bonds. The summed E-state index contributed by atoms with van der Waals surface area (Å²) in [5.41, 5.74) is -0.141. The van der Waals surface area contributed by atoms with Crippen molar-refractivity contribution in [1.29, 1.82) is 0 Å². The second-order valence-corrected chi connectivity index (χ2v) is 15.5. The fourth-order valence-electron chi connectivity index (χ4n) is 9.75. The summed E-state index contributed by atoms with van der Waals surface area (Å²) >= 11 is 6.05. The first kappa shape index (κ1) is 36.2. The van der Waals surface area contributed by atoms with Gasteiger partial charge in [-0.2, -0.15) is 0 Å². The minimum absolute atomic E-state index is 0.00381.